The molecule has 0 aliphatic heterocycles. The van der Waals surface area contributed by atoms with E-state index in [1.54, 1.807) is 0 Å². The summed E-state index contributed by atoms with van der Waals surface area (Å²) in [6.07, 6.45) is 1.83. The van der Waals surface area contributed by atoms with Gasteiger partial charge in [0.2, 0.25) is 0 Å². The van der Waals surface area contributed by atoms with Crippen molar-refractivity contribution in [2.24, 2.45) is 0 Å². The summed E-state index contributed by atoms with van der Waals surface area (Å²) in [5, 5.41) is 0. The molecule has 3 heteroatoms. The maximum atomic E-state index is 4.73. The van der Waals surface area contributed by atoms with Gasteiger partial charge in [0.05, 0.1) is 0 Å². The number of hydrogen-bond acceptors (Lipinski definition) is 0. The first-order valence-corrected chi connectivity index (χ1v) is 5.72. The second-order valence-corrected chi connectivity index (χ2v) is 3.38. The maximum absolute atomic E-state index is 4.73. The zero-order valence-corrected chi connectivity index (χ0v) is 8.31. The van der Waals surface area contributed by atoms with Crippen LogP contribution in [0.2, 0.25) is 0 Å². The van der Waals surface area contributed by atoms with Crippen LogP contribution in [0.3, 0.4) is 0 Å². The van der Waals surface area contributed by atoms with Crippen molar-refractivity contribution in [3.8, 4) is 0 Å². The molecular weight excluding hydrogens is 226 g/mol. The van der Waals surface area contributed by atoms with Crippen molar-refractivity contribution >= 4 is 26.4 Å². The van der Waals surface area contributed by atoms with E-state index in [0.29, 0.717) is 12.9 Å². The predicted octanol–water partition coefficient (Wildman–Crippen LogP) is 3.71. The van der Waals surface area contributed by atoms with Gasteiger partial charge in [-0.05, 0) is 5.56 Å². The van der Waals surface area contributed by atoms with E-state index in [2.05, 4.69) is 6.58 Å². The molecule has 0 unspecified atom stereocenters. The molecule has 0 spiro atoms. The standard InChI is InChI=1S/C8H8.2ClH.Co/c1-2-8-6-4-3-5-7-8;;;/h2-7H,1H2;2*1H;/q;;;+2/p-2. The first-order chi connectivity index (χ1) is 5.35. The minimum absolute atomic E-state index is 0.382. The van der Waals surface area contributed by atoms with Gasteiger partial charge in [0, 0.05) is 0 Å². The van der Waals surface area contributed by atoms with E-state index in [4.69, 9.17) is 20.3 Å². The summed E-state index contributed by atoms with van der Waals surface area (Å²) >= 11 is 0.382. The molecule has 63 valence electrons. The fourth-order valence-corrected chi connectivity index (χ4v) is 0.589. The van der Waals surface area contributed by atoms with Crippen LogP contribution in [-0.4, -0.2) is 0 Å². The summed E-state index contributed by atoms with van der Waals surface area (Å²) in [6.45, 7) is 3.63. The molecule has 0 atom stereocenters. The van der Waals surface area contributed by atoms with E-state index in [1.165, 1.54) is 5.56 Å². The number of halogens is 2. The average molecular weight is 234 g/mol. The molecule has 0 bridgehead atoms. The van der Waals surface area contributed by atoms with Gasteiger partial charge in [-0.2, -0.15) is 0 Å². The first kappa shape index (κ1) is 11.0. The van der Waals surface area contributed by atoms with E-state index in [-0.39, 0.29) is 0 Å². The molecular formula is C8H8Cl2Co. The molecule has 1 rings (SSSR count). The van der Waals surface area contributed by atoms with Gasteiger partial charge in [0.15, 0.2) is 0 Å². The topological polar surface area (TPSA) is 0 Å². The van der Waals surface area contributed by atoms with Crippen LogP contribution in [0.5, 0.6) is 0 Å². The number of hydrogen-bond donors (Lipinski definition) is 0. The Morgan fingerprint density at radius 1 is 1.18 bits per heavy atom. The average Bonchev–Trinajstić information content (AvgIpc) is 2.08. The summed E-state index contributed by atoms with van der Waals surface area (Å²) in [6, 6.07) is 10.0. The van der Waals surface area contributed by atoms with E-state index in [9.17, 15) is 0 Å². The molecule has 0 aliphatic rings. The van der Waals surface area contributed by atoms with E-state index < -0.39 is 0 Å². The Labute approximate surface area is 81.7 Å². The summed E-state index contributed by atoms with van der Waals surface area (Å²) < 4.78 is 0. The van der Waals surface area contributed by atoms with Crippen LogP contribution in [0.15, 0.2) is 36.9 Å². The molecule has 11 heavy (non-hydrogen) atoms. The third-order valence-corrected chi connectivity index (χ3v) is 1.04. The van der Waals surface area contributed by atoms with Crippen LogP contribution in [0, 0.1) is 0 Å². The van der Waals surface area contributed by atoms with Crippen molar-refractivity contribution in [1.82, 2.24) is 0 Å². The van der Waals surface area contributed by atoms with Crippen molar-refractivity contribution in [1.29, 1.82) is 0 Å². The van der Waals surface area contributed by atoms with Crippen molar-refractivity contribution in [2.75, 3.05) is 0 Å². The van der Waals surface area contributed by atoms with Crippen molar-refractivity contribution in [3.63, 3.8) is 0 Å². The Hall–Kier alpha value is 0.0465. The van der Waals surface area contributed by atoms with Gasteiger partial charge in [0.25, 0.3) is 0 Å². The molecule has 0 heterocycles. The molecule has 0 aliphatic carbocycles. The molecule has 0 N–H and O–H groups in total. The molecule has 0 radical (unpaired) electrons. The van der Waals surface area contributed by atoms with Crippen LogP contribution in [0.25, 0.3) is 6.08 Å². The van der Waals surface area contributed by atoms with Crippen LogP contribution < -0.4 is 0 Å². The SMILES string of the molecule is C=Cc1ccccc1.[Cl][Co][Cl]. The van der Waals surface area contributed by atoms with Crippen LogP contribution in [0.4, 0.5) is 0 Å². The molecule has 0 fully saturated rings. The third kappa shape index (κ3) is 6.44. The van der Waals surface area contributed by atoms with Gasteiger partial charge in [-0.1, -0.05) is 43.0 Å². The van der Waals surface area contributed by atoms with Gasteiger partial charge in [-0.25, -0.2) is 0 Å². The first-order valence-electron chi connectivity index (χ1n) is 2.86. The second-order valence-electron chi connectivity index (χ2n) is 1.66. The molecule has 1 aromatic carbocycles. The fraction of sp³-hybridized carbons (Fsp3) is 0. The van der Waals surface area contributed by atoms with E-state index in [0.717, 1.165) is 0 Å². The third-order valence-electron chi connectivity index (χ3n) is 1.04. The zero-order chi connectivity index (χ0) is 8.53. The van der Waals surface area contributed by atoms with Crippen molar-refractivity contribution in [2.45, 2.75) is 0 Å². The minimum atomic E-state index is 0.382. The molecule has 0 saturated heterocycles. The molecule has 0 nitrogen and oxygen atoms in total. The summed E-state index contributed by atoms with van der Waals surface area (Å²) in [5.74, 6) is 0. The van der Waals surface area contributed by atoms with Crippen LogP contribution in [0.1, 0.15) is 5.56 Å². The zero-order valence-electron chi connectivity index (χ0n) is 5.76. The number of benzene rings is 1. The molecule has 0 amide bonds. The predicted molar refractivity (Wildman–Crippen MR) is 48.2 cm³/mol. The normalized spacial score (nSPS) is 8.18. The second kappa shape index (κ2) is 8.15. The van der Waals surface area contributed by atoms with Crippen molar-refractivity contribution < 1.29 is 12.9 Å². The van der Waals surface area contributed by atoms with Crippen LogP contribution >= 0.6 is 20.3 Å². The quantitative estimate of drug-likeness (QED) is 0.694. The van der Waals surface area contributed by atoms with Gasteiger partial charge >= 0.3 is 33.2 Å². The molecule has 0 saturated carbocycles. The summed E-state index contributed by atoms with van der Waals surface area (Å²) in [5.41, 5.74) is 1.17. The van der Waals surface area contributed by atoms with Gasteiger partial charge < -0.3 is 0 Å². The number of rotatable bonds is 1. The van der Waals surface area contributed by atoms with E-state index >= 15 is 0 Å². The molecule has 1 aromatic rings. The Morgan fingerprint density at radius 3 is 1.91 bits per heavy atom. The Morgan fingerprint density at radius 2 is 1.64 bits per heavy atom. The van der Waals surface area contributed by atoms with Gasteiger partial charge in [-0.15, -0.1) is 0 Å². The Kier molecular flexibility index (Phi) is 8.18. The van der Waals surface area contributed by atoms with E-state index in [1.807, 2.05) is 36.4 Å². The Bertz CT molecular complexity index is 187. The van der Waals surface area contributed by atoms with Crippen molar-refractivity contribution in [3.05, 3.63) is 42.5 Å². The van der Waals surface area contributed by atoms with Crippen LogP contribution in [-0.2, 0) is 12.9 Å². The Balaban J connectivity index is 0.000000292. The summed E-state index contributed by atoms with van der Waals surface area (Å²) in [7, 11) is 9.47. The van der Waals surface area contributed by atoms with Gasteiger partial charge in [0.1, 0.15) is 0 Å². The van der Waals surface area contributed by atoms with Gasteiger partial charge in [-0.3, -0.25) is 0 Å². The fourth-order valence-electron chi connectivity index (χ4n) is 0.589. The monoisotopic (exact) mass is 233 g/mol. The molecule has 0 aromatic heterocycles. The summed E-state index contributed by atoms with van der Waals surface area (Å²) in [4.78, 5) is 0.